The number of aromatic nitrogens is 1. The fourth-order valence-corrected chi connectivity index (χ4v) is 2.90. The molecule has 3 rings (SSSR count). The van der Waals surface area contributed by atoms with Crippen LogP contribution >= 0.6 is 0 Å². The van der Waals surface area contributed by atoms with Gasteiger partial charge in [0.15, 0.2) is 0 Å². The molecular formula is C19H21F3N2O2. The molecule has 7 heteroatoms. The molecule has 0 fully saturated rings. The van der Waals surface area contributed by atoms with Crippen LogP contribution < -0.4 is 5.32 Å². The van der Waals surface area contributed by atoms with Crippen molar-refractivity contribution in [2.24, 2.45) is 0 Å². The average molecular weight is 366 g/mol. The molecule has 1 heterocycles. The number of alkyl halides is 3. The van der Waals surface area contributed by atoms with E-state index in [0.717, 1.165) is 23.7 Å². The Morgan fingerprint density at radius 2 is 2.04 bits per heavy atom. The standard InChI is InChI=1S/C18H20N2O2.CHF3/c21-10-9-19-18(22)15-11-14-7-4-8-16(17(14)20-12-15)13-5-2-1-3-6-13;2-1(3)4/h4-5,7-8,11-12,21H,1-3,6,9-10H2,(H,19,22);1H. The molecule has 0 atom stereocenters. The van der Waals surface area contributed by atoms with E-state index in [9.17, 15) is 18.0 Å². The van der Waals surface area contributed by atoms with Crippen LogP contribution in [0.1, 0.15) is 41.6 Å². The number of aliphatic hydroxyl groups is 1. The smallest absolute Gasteiger partial charge is 0.379 e. The first-order valence-electron chi connectivity index (χ1n) is 8.42. The lowest BCUT2D eigenvalue weighted by molar-refractivity contribution is 0.00818. The van der Waals surface area contributed by atoms with Gasteiger partial charge < -0.3 is 10.4 Å². The van der Waals surface area contributed by atoms with Crippen molar-refractivity contribution in [3.63, 3.8) is 0 Å². The second-order valence-corrected chi connectivity index (χ2v) is 5.80. The summed E-state index contributed by atoms with van der Waals surface area (Å²) in [5.74, 6) is -0.203. The second-order valence-electron chi connectivity index (χ2n) is 5.80. The zero-order valence-corrected chi connectivity index (χ0v) is 14.2. The minimum absolute atomic E-state index is 0.0644. The molecule has 0 unspecified atom stereocenters. The van der Waals surface area contributed by atoms with E-state index in [0.29, 0.717) is 5.56 Å². The van der Waals surface area contributed by atoms with Crippen molar-refractivity contribution in [1.29, 1.82) is 0 Å². The predicted octanol–water partition coefficient (Wildman–Crippen LogP) is 4.09. The molecule has 140 valence electrons. The minimum Gasteiger partial charge on any atom is -0.395 e. The van der Waals surface area contributed by atoms with Gasteiger partial charge in [0.1, 0.15) is 0 Å². The van der Waals surface area contributed by atoms with Crippen LogP contribution in [-0.2, 0) is 0 Å². The highest BCUT2D eigenvalue weighted by Crippen LogP contribution is 2.31. The number of halogens is 3. The van der Waals surface area contributed by atoms with Gasteiger partial charge in [0.25, 0.3) is 5.91 Å². The quantitative estimate of drug-likeness (QED) is 0.857. The first-order valence-corrected chi connectivity index (χ1v) is 8.42. The summed E-state index contributed by atoms with van der Waals surface area (Å²) < 4.78 is 29.0. The van der Waals surface area contributed by atoms with Gasteiger partial charge in [-0.05, 0) is 37.3 Å². The van der Waals surface area contributed by atoms with Crippen LogP contribution in [0.4, 0.5) is 13.2 Å². The second kappa shape index (κ2) is 9.91. The molecule has 1 aliphatic rings. The molecule has 2 N–H and O–H groups in total. The van der Waals surface area contributed by atoms with Crippen LogP contribution in [-0.4, -0.2) is 35.8 Å². The van der Waals surface area contributed by atoms with Gasteiger partial charge in [0.2, 0.25) is 0 Å². The Kier molecular flexibility index (Phi) is 7.59. The Balaban J connectivity index is 0.000000552. The highest BCUT2D eigenvalue weighted by atomic mass is 19.4. The molecule has 4 nitrogen and oxygen atoms in total. The van der Waals surface area contributed by atoms with Crippen LogP contribution in [0.3, 0.4) is 0 Å². The lowest BCUT2D eigenvalue weighted by Gasteiger charge is -2.14. The van der Waals surface area contributed by atoms with Crippen molar-refractivity contribution < 1.29 is 23.1 Å². The summed E-state index contributed by atoms with van der Waals surface area (Å²) in [6, 6.07) is 7.97. The average Bonchev–Trinajstić information content (AvgIpc) is 2.65. The molecule has 26 heavy (non-hydrogen) atoms. The first kappa shape index (κ1) is 19.9. The molecule has 0 saturated heterocycles. The Labute approximate surface area is 149 Å². The molecular weight excluding hydrogens is 345 g/mol. The Hall–Kier alpha value is -2.41. The summed E-state index contributed by atoms with van der Waals surface area (Å²) in [6.45, 7) is -3.48. The number of hydrogen-bond acceptors (Lipinski definition) is 3. The molecule has 0 radical (unpaired) electrons. The lowest BCUT2D eigenvalue weighted by atomic mass is 9.92. The third-order valence-electron chi connectivity index (χ3n) is 4.01. The predicted molar refractivity (Wildman–Crippen MR) is 94.7 cm³/mol. The van der Waals surface area contributed by atoms with E-state index in [1.807, 2.05) is 18.2 Å². The number of aliphatic hydroxyl groups excluding tert-OH is 1. The SMILES string of the molecule is FC(F)F.O=C(NCCO)c1cnc2c(C3=CCCCC3)cccc2c1. The van der Waals surface area contributed by atoms with E-state index in [1.54, 1.807) is 6.20 Å². The molecule has 0 saturated carbocycles. The summed E-state index contributed by atoms with van der Waals surface area (Å²) in [5, 5.41) is 12.4. The van der Waals surface area contributed by atoms with Gasteiger partial charge in [-0.3, -0.25) is 9.78 Å². The molecule has 0 aliphatic heterocycles. The van der Waals surface area contributed by atoms with E-state index >= 15 is 0 Å². The number of hydrogen-bond donors (Lipinski definition) is 2. The van der Waals surface area contributed by atoms with Crippen LogP contribution in [0.25, 0.3) is 16.5 Å². The maximum absolute atomic E-state index is 12.0. The number of allylic oxidation sites excluding steroid dienone is 2. The molecule has 1 aromatic carbocycles. The summed E-state index contributed by atoms with van der Waals surface area (Å²) >= 11 is 0. The fraction of sp³-hybridized carbons (Fsp3) is 0.368. The number of nitrogens with zero attached hydrogens (tertiary/aromatic N) is 1. The molecule has 1 aliphatic carbocycles. The summed E-state index contributed by atoms with van der Waals surface area (Å²) in [6.07, 6.45) is 8.64. The monoisotopic (exact) mass is 366 g/mol. The minimum atomic E-state index is -3.67. The highest BCUT2D eigenvalue weighted by molar-refractivity contribution is 5.99. The Morgan fingerprint density at radius 1 is 1.27 bits per heavy atom. The molecule has 2 aromatic rings. The van der Waals surface area contributed by atoms with Crippen LogP contribution in [0.15, 0.2) is 36.5 Å². The third-order valence-corrected chi connectivity index (χ3v) is 4.01. The van der Waals surface area contributed by atoms with Crippen LogP contribution in [0, 0.1) is 0 Å². The van der Waals surface area contributed by atoms with Crippen molar-refractivity contribution in [2.45, 2.75) is 32.4 Å². The van der Waals surface area contributed by atoms with Gasteiger partial charge in [-0.15, -0.1) is 0 Å². The zero-order valence-electron chi connectivity index (χ0n) is 14.2. The Bertz CT molecular complexity index is 776. The van der Waals surface area contributed by atoms with Crippen molar-refractivity contribution in [3.05, 3.63) is 47.7 Å². The normalized spacial score (nSPS) is 13.8. The number of nitrogens with one attached hydrogen (secondary N) is 1. The number of pyridine rings is 1. The number of carbonyl (C=O) groups is 1. The summed E-state index contributed by atoms with van der Waals surface area (Å²) in [5.41, 5.74) is 4.02. The summed E-state index contributed by atoms with van der Waals surface area (Å²) in [7, 11) is 0. The van der Waals surface area contributed by atoms with Crippen molar-refractivity contribution in [3.8, 4) is 0 Å². The number of para-hydroxylation sites is 1. The van der Waals surface area contributed by atoms with Gasteiger partial charge in [-0.25, -0.2) is 0 Å². The highest BCUT2D eigenvalue weighted by Gasteiger charge is 2.12. The lowest BCUT2D eigenvalue weighted by Crippen LogP contribution is -2.26. The van der Waals surface area contributed by atoms with Gasteiger partial charge in [-0.2, -0.15) is 13.2 Å². The maximum atomic E-state index is 12.0. The van der Waals surface area contributed by atoms with Crippen LogP contribution in [0.5, 0.6) is 0 Å². The first-order chi connectivity index (χ1) is 12.5. The number of fused-ring (bicyclic) bond motifs is 1. The summed E-state index contributed by atoms with van der Waals surface area (Å²) in [4.78, 5) is 16.5. The zero-order chi connectivity index (χ0) is 18.9. The van der Waals surface area contributed by atoms with E-state index in [2.05, 4.69) is 22.4 Å². The molecule has 1 amide bonds. The molecule has 0 spiro atoms. The van der Waals surface area contributed by atoms with Crippen molar-refractivity contribution in [2.75, 3.05) is 13.2 Å². The van der Waals surface area contributed by atoms with E-state index in [-0.39, 0.29) is 19.1 Å². The number of carbonyl (C=O) groups excluding carboxylic acids is 1. The Morgan fingerprint density at radius 3 is 2.69 bits per heavy atom. The fourth-order valence-electron chi connectivity index (χ4n) is 2.90. The van der Waals surface area contributed by atoms with Gasteiger partial charge in [-0.1, -0.05) is 24.3 Å². The number of amides is 1. The van der Waals surface area contributed by atoms with E-state index in [4.69, 9.17) is 5.11 Å². The van der Waals surface area contributed by atoms with Gasteiger partial charge in [0.05, 0.1) is 17.7 Å². The number of benzene rings is 1. The molecule has 1 aromatic heterocycles. The number of rotatable bonds is 4. The molecule has 0 bridgehead atoms. The largest absolute Gasteiger partial charge is 0.395 e. The topological polar surface area (TPSA) is 62.2 Å². The van der Waals surface area contributed by atoms with Crippen LogP contribution in [0.2, 0.25) is 0 Å². The van der Waals surface area contributed by atoms with Gasteiger partial charge in [0, 0.05) is 23.7 Å². The maximum Gasteiger partial charge on any atom is 0.379 e. The van der Waals surface area contributed by atoms with Crippen molar-refractivity contribution >= 4 is 22.4 Å². The van der Waals surface area contributed by atoms with E-state index < -0.39 is 6.68 Å². The third kappa shape index (κ3) is 5.56. The van der Waals surface area contributed by atoms with E-state index in [1.165, 1.54) is 24.0 Å². The van der Waals surface area contributed by atoms with Gasteiger partial charge >= 0.3 is 6.68 Å². The van der Waals surface area contributed by atoms with Crippen molar-refractivity contribution in [1.82, 2.24) is 10.3 Å².